The molecule has 1 aromatic heterocycles. The van der Waals surface area contributed by atoms with Crippen LogP contribution in [0.1, 0.15) is 10.4 Å². The first kappa shape index (κ1) is 15.6. The van der Waals surface area contributed by atoms with Gasteiger partial charge < -0.3 is 4.42 Å². The van der Waals surface area contributed by atoms with Crippen molar-refractivity contribution in [3.8, 4) is 11.5 Å². The number of nitrogens with zero attached hydrogens (tertiary/aromatic N) is 3. The molecular formula is C15H9ClN4O4. The number of nitrogens with one attached hydrogen (secondary N) is 1. The molecule has 0 fully saturated rings. The molecule has 1 N–H and O–H groups in total. The van der Waals surface area contributed by atoms with Crippen LogP contribution in [0, 0.1) is 10.1 Å². The van der Waals surface area contributed by atoms with Crippen LogP contribution >= 0.6 is 11.6 Å². The first-order chi connectivity index (χ1) is 11.5. The van der Waals surface area contributed by atoms with Crippen LogP contribution in [0.4, 0.5) is 11.7 Å². The van der Waals surface area contributed by atoms with Crippen molar-refractivity contribution >= 4 is 29.2 Å². The van der Waals surface area contributed by atoms with Gasteiger partial charge in [0.05, 0.1) is 4.92 Å². The smallest absolute Gasteiger partial charge is 0.322 e. The van der Waals surface area contributed by atoms with E-state index in [1.165, 1.54) is 24.3 Å². The molecule has 8 nitrogen and oxygen atoms in total. The van der Waals surface area contributed by atoms with E-state index in [2.05, 4.69) is 15.5 Å². The zero-order chi connectivity index (χ0) is 17.1. The van der Waals surface area contributed by atoms with Crippen LogP contribution in [0.2, 0.25) is 5.02 Å². The largest absolute Gasteiger partial charge is 0.403 e. The van der Waals surface area contributed by atoms with E-state index in [0.29, 0.717) is 16.1 Å². The van der Waals surface area contributed by atoms with Crippen molar-refractivity contribution in [2.24, 2.45) is 0 Å². The number of amides is 1. The summed E-state index contributed by atoms with van der Waals surface area (Å²) in [4.78, 5) is 22.2. The minimum absolute atomic E-state index is 0.0467. The van der Waals surface area contributed by atoms with Crippen LogP contribution in [-0.2, 0) is 0 Å². The Morgan fingerprint density at radius 1 is 1.08 bits per heavy atom. The standard InChI is InChI=1S/C15H9ClN4O4/c16-11-5-1-9(2-6-11)13(21)17-15-19-18-14(24-15)10-3-7-12(8-4-10)20(22)23/h1-8H,(H,17,19,21). The van der Waals surface area contributed by atoms with Gasteiger partial charge in [0.25, 0.3) is 11.6 Å². The zero-order valence-electron chi connectivity index (χ0n) is 12.0. The summed E-state index contributed by atoms with van der Waals surface area (Å²) >= 11 is 5.76. The van der Waals surface area contributed by atoms with Crippen molar-refractivity contribution in [3.05, 3.63) is 69.2 Å². The Morgan fingerprint density at radius 3 is 2.38 bits per heavy atom. The lowest BCUT2D eigenvalue weighted by molar-refractivity contribution is -0.384. The Morgan fingerprint density at radius 2 is 1.75 bits per heavy atom. The third-order valence-electron chi connectivity index (χ3n) is 3.08. The van der Waals surface area contributed by atoms with Gasteiger partial charge in [0.2, 0.25) is 5.89 Å². The fourth-order valence-corrected chi connectivity index (χ4v) is 2.01. The molecule has 3 rings (SSSR count). The maximum absolute atomic E-state index is 12.0. The molecule has 120 valence electrons. The maximum atomic E-state index is 12.0. The number of non-ortho nitro benzene ring substituents is 1. The van der Waals surface area contributed by atoms with Crippen LogP contribution in [0.25, 0.3) is 11.5 Å². The molecule has 3 aromatic rings. The quantitative estimate of drug-likeness (QED) is 0.572. The first-order valence-corrected chi connectivity index (χ1v) is 7.06. The number of halogens is 1. The third kappa shape index (κ3) is 3.39. The van der Waals surface area contributed by atoms with E-state index in [4.69, 9.17) is 16.0 Å². The highest BCUT2D eigenvalue weighted by Crippen LogP contribution is 2.22. The Hall–Kier alpha value is -3.26. The first-order valence-electron chi connectivity index (χ1n) is 6.68. The molecule has 1 heterocycles. The molecule has 0 aliphatic carbocycles. The lowest BCUT2D eigenvalue weighted by atomic mass is 10.2. The molecule has 24 heavy (non-hydrogen) atoms. The van der Waals surface area contributed by atoms with Gasteiger partial charge >= 0.3 is 6.01 Å². The van der Waals surface area contributed by atoms with Gasteiger partial charge in [-0.25, -0.2) is 0 Å². The van der Waals surface area contributed by atoms with Gasteiger partial charge in [-0.15, -0.1) is 5.10 Å². The molecule has 0 bridgehead atoms. The second-order valence-corrected chi connectivity index (χ2v) is 5.11. The molecule has 0 spiro atoms. The average molecular weight is 345 g/mol. The normalized spacial score (nSPS) is 10.4. The van der Waals surface area contributed by atoms with Crippen molar-refractivity contribution in [1.82, 2.24) is 10.2 Å². The molecule has 0 aliphatic heterocycles. The second-order valence-electron chi connectivity index (χ2n) is 4.68. The summed E-state index contributed by atoms with van der Waals surface area (Å²) in [7, 11) is 0. The van der Waals surface area contributed by atoms with Gasteiger partial charge in [0.15, 0.2) is 0 Å². The van der Waals surface area contributed by atoms with Gasteiger partial charge in [0.1, 0.15) is 0 Å². The van der Waals surface area contributed by atoms with Crippen LogP contribution < -0.4 is 5.32 Å². The number of nitro groups is 1. The van der Waals surface area contributed by atoms with Crippen LogP contribution in [0.15, 0.2) is 52.9 Å². The van der Waals surface area contributed by atoms with E-state index >= 15 is 0 Å². The maximum Gasteiger partial charge on any atom is 0.322 e. The molecule has 1 amide bonds. The fourth-order valence-electron chi connectivity index (χ4n) is 1.89. The van der Waals surface area contributed by atoms with E-state index in [9.17, 15) is 14.9 Å². The Kier molecular flexibility index (Phi) is 4.21. The summed E-state index contributed by atoms with van der Waals surface area (Å²) in [5.74, 6) is -0.290. The molecule has 0 aliphatic rings. The number of aromatic nitrogens is 2. The van der Waals surface area contributed by atoms with Crippen molar-refractivity contribution < 1.29 is 14.1 Å². The number of hydrogen-bond acceptors (Lipinski definition) is 6. The number of hydrogen-bond donors (Lipinski definition) is 1. The highest BCUT2D eigenvalue weighted by atomic mass is 35.5. The van der Waals surface area contributed by atoms with Crippen LogP contribution in [0.5, 0.6) is 0 Å². The predicted octanol–water partition coefficient (Wildman–Crippen LogP) is 3.55. The lowest BCUT2D eigenvalue weighted by Gasteiger charge is -2.00. The highest BCUT2D eigenvalue weighted by Gasteiger charge is 2.14. The number of carbonyl (C=O) groups excluding carboxylic acids is 1. The molecule has 9 heteroatoms. The van der Waals surface area contributed by atoms with E-state index in [-0.39, 0.29) is 17.6 Å². The lowest BCUT2D eigenvalue weighted by Crippen LogP contribution is -2.11. The van der Waals surface area contributed by atoms with Gasteiger partial charge in [-0.05, 0) is 36.4 Å². The molecule has 0 unspecified atom stereocenters. The minimum Gasteiger partial charge on any atom is -0.403 e. The zero-order valence-corrected chi connectivity index (χ0v) is 12.7. The monoisotopic (exact) mass is 344 g/mol. The number of anilines is 1. The number of rotatable bonds is 4. The number of carbonyl (C=O) groups is 1. The van der Waals surface area contributed by atoms with Gasteiger partial charge in [0, 0.05) is 28.3 Å². The SMILES string of the molecule is O=C(Nc1nnc(-c2ccc([N+](=O)[O-])cc2)o1)c1ccc(Cl)cc1. The predicted molar refractivity (Wildman–Crippen MR) is 85.8 cm³/mol. The van der Waals surface area contributed by atoms with Gasteiger partial charge in [-0.2, -0.15) is 0 Å². The summed E-state index contributed by atoms with van der Waals surface area (Å²) < 4.78 is 5.34. The Labute approximate surface area is 140 Å². The minimum atomic E-state index is -0.505. The van der Waals surface area contributed by atoms with Crippen LogP contribution in [-0.4, -0.2) is 21.0 Å². The summed E-state index contributed by atoms with van der Waals surface area (Å²) in [6.07, 6.45) is 0. The average Bonchev–Trinajstić information content (AvgIpc) is 3.04. The van der Waals surface area contributed by atoms with Crippen molar-refractivity contribution in [2.45, 2.75) is 0 Å². The summed E-state index contributed by atoms with van der Waals surface area (Å²) in [6.45, 7) is 0. The van der Waals surface area contributed by atoms with Crippen molar-refractivity contribution in [3.63, 3.8) is 0 Å². The Bertz CT molecular complexity index is 891. The summed E-state index contributed by atoms with van der Waals surface area (Å²) in [5, 5.41) is 21.1. The van der Waals surface area contributed by atoms with Crippen LogP contribution in [0.3, 0.4) is 0 Å². The number of benzene rings is 2. The molecule has 2 aromatic carbocycles. The summed E-state index contributed by atoms with van der Waals surface area (Å²) in [5.41, 5.74) is 0.837. The third-order valence-corrected chi connectivity index (χ3v) is 3.33. The molecule has 0 radical (unpaired) electrons. The molecule has 0 atom stereocenters. The molecule has 0 saturated carbocycles. The number of nitro benzene ring substituents is 1. The fraction of sp³-hybridized carbons (Fsp3) is 0. The van der Waals surface area contributed by atoms with E-state index in [0.717, 1.165) is 0 Å². The highest BCUT2D eigenvalue weighted by molar-refractivity contribution is 6.30. The van der Waals surface area contributed by atoms with Gasteiger partial charge in [-0.1, -0.05) is 16.7 Å². The van der Waals surface area contributed by atoms with E-state index < -0.39 is 10.8 Å². The molecular weight excluding hydrogens is 336 g/mol. The molecule has 0 saturated heterocycles. The van der Waals surface area contributed by atoms with Gasteiger partial charge in [-0.3, -0.25) is 20.2 Å². The van der Waals surface area contributed by atoms with E-state index in [1.54, 1.807) is 24.3 Å². The van der Waals surface area contributed by atoms with Crippen molar-refractivity contribution in [1.29, 1.82) is 0 Å². The van der Waals surface area contributed by atoms with E-state index in [1.807, 2.05) is 0 Å². The summed E-state index contributed by atoms with van der Waals surface area (Å²) in [6, 6.07) is 11.8. The Balaban J connectivity index is 1.74. The topological polar surface area (TPSA) is 111 Å². The van der Waals surface area contributed by atoms with Crippen molar-refractivity contribution in [2.75, 3.05) is 5.32 Å². The second kappa shape index (κ2) is 6.47.